The number of H-pyrrole nitrogens is 1. The van der Waals surface area contributed by atoms with Gasteiger partial charge in [-0.15, -0.1) is 11.3 Å². The number of nitrogens with zero attached hydrogens (tertiary/aromatic N) is 1. The van der Waals surface area contributed by atoms with E-state index in [0.29, 0.717) is 10.2 Å². The number of thiophene rings is 1. The third-order valence-corrected chi connectivity index (χ3v) is 5.61. The number of fused-ring (bicyclic) bond motifs is 1. The van der Waals surface area contributed by atoms with Gasteiger partial charge in [-0.05, 0) is 25.1 Å². The summed E-state index contributed by atoms with van der Waals surface area (Å²) < 4.78 is 27.0. The van der Waals surface area contributed by atoms with Crippen LogP contribution in [0.2, 0.25) is 0 Å². The molecule has 0 unspecified atom stereocenters. The molecule has 22 heavy (non-hydrogen) atoms. The van der Waals surface area contributed by atoms with Gasteiger partial charge in [-0.3, -0.25) is 4.79 Å². The molecule has 0 aliphatic heterocycles. The van der Waals surface area contributed by atoms with Gasteiger partial charge in [-0.2, -0.15) is 0 Å². The predicted molar refractivity (Wildman–Crippen MR) is 85.4 cm³/mol. The smallest absolute Gasteiger partial charge is 0.259 e. The summed E-state index contributed by atoms with van der Waals surface area (Å²) in [6, 6.07) is 8.28. The lowest BCUT2D eigenvalue weighted by molar-refractivity contribution is 0.582. The van der Waals surface area contributed by atoms with Crippen LogP contribution in [-0.4, -0.2) is 18.4 Å². The third-order valence-electron chi connectivity index (χ3n) is 3.15. The Bertz CT molecular complexity index is 972. The molecule has 0 radical (unpaired) electrons. The molecule has 114 valence electrons. The topological polar surface area (TPSA) is 91.9 Å². The Morgan fingerprint density at radius 2 is 2.00 bits per heavy atom. The van der Waals surface area contributed by atoms with E-state index in [2.05, 4.69) is 14.7 Å². The van der Waals surface area contributed by atoms with Gasteiger partial charge in [0.2, 0.25) is 10.0 Å². The van der Waals surface area contributed by atoms with Crippen molar-refractivity contribution in [3.63, 3.8) is 0 Å². The van der Waals surface area contributed by atoms with Crippen molar-refractivity contribution in [2.45, 2.75) is 18.4 Å². The van der Waals surface area contributed by atoms with Crippen molar-refractivity contribution in [1.29, 1.82) is 0 Å². The SMILES string of the molecule is Cc1ccc(S(=O)(=O)NCc2cc3c(=O)[nH]cnc3s2)cc1. The Morgan fingerprint density at radius 3 is 2.68 bits per heavy atom. The van der Waals surface area contributed by atoms with E-state index in [1.54, 1.807) is 30.3 Å². The molecule has 3 rings (SSSR count). The van der Waals surface area contributed by atoms with Gasteiger partial charge >= 0.3 is 0 Å². The van der Waals surface area contributed by atoms with Crippen LogP contribution in [0.15, 0.2) is 46.3 Å². The molecule has 0 amide bonds. The number of hydrogen-bond donors (Lipinski definition) is 2. The molecule has 2 N–H and O–H groups in total. The second kappa shape index (κ2) is 5.64. The van der Waals surface area contributed by atoms with Crippen molar-refractivity contribution in [3.8, 4) is 0 Å². The second-order valence-corrected chi connectivity index (χ2v) is 7.68. The number of benzene rings is 1. The first-order valence-corrected chi connectivity index (χ1v) is 8.78. The van der Waals surface area contributed by atoms with E-state index in [0.717, 1.165) is 10.4 Å². The zero-order valence-electron chi connectivity index (χ0n) is 11.7. The average Bonchev–Trinajstić information content (AvgIpc) is 2.90. The molecular weight excluding hydrogens is 322 g/mol. The summed E-state index contributed by atoms with van der Waals surface area (Å²) in [7, 11) is -3.57. The normalized spacial score (nSPS) is 11.9. The van der Waals surface area contributed by atoms with Gasteiger partial charge in [0.1, 0.15) is 4.83 Å². The van der Waals surface area contributed by atoms with Gasteiger partial charge < -0.3 is 4.98 Å². The number of rotatable bonds is 4. The van der Waals surface area contributed by atoms with E-state index >= 15 is 0 Å². The third kappa shape index (κ3) is 2.94. The molecular formula is C14H13N3O3S2. The van der Waals surface area contributed by atoms with E-state index in [1.165, 1.54) is 17.7 Å². The van der Waals surface area contributed by atoms with Crippen molar-refractivity contribution in [2.24, 2.45) is 0 Å². The molecule has 0 fully saturated rings. The minimum absolute atomic E-state index is 0.122. The lowest BCUT2D eigenvalue weighted by Gasteiger charge is -2.05. The lowest BCUT2D eigenvalue weighted by Crippen LogP contribution is -2.22. The first-order valence-electron chi connectivity index (χ1n) is 6.48. The van der Waals surface area contributed by atoms with Crippen molar-refractivity contribution in [2.75, 3.05) is 0 Å². The summed E-state index contributed by atoms with van der Waals surface area (Å²) in [5, 5.41) is 0.469. The Hall–Kier alpha value is -2.03. The molecule has 0 aliphatic carbocycles. The molecule has 8 heteroatoms. The molecule has 0 atom stereocenters. The zero-order valence-corrected chi connectivity index (χ0v) is 13.3. The van der Waals surface area contributed by atoms with Crippen molar-refractivity contribution < 1.29 is 8.42 Å². The van der Waals surface area contributed by atoms with E-state index < -0.39 is 10.0 Å². The van der Waals surface area contributed by atoms with E-state index in [4.69, 9.17) is 0 Å². The Labute approximate surface area is 130 Å². The highest BCUT2D eigenvalue weighted by atomic mass is 32.2. The van der Waals surface area contributed by atoms with Crippen molar-refractivity contribution >= 4 is 31.6 Å². The van der Waals surface area contributed by atoms with Crippen LogP contribution in [-0.2, 0) is 16.6 Å². The molecule has 0 spiro atoms. The average molecular weight is 335 g/mol. The summed E-state index contributed by atoms with van der Waals surface area (Å²) in [6.07, 6.45) is 1.33. The number of aryl methyl sites for hydroxylation is 1. The van der Waals surface area contributed by atoms with Crippen LogP contribution in [0.25, 0.3) is 10.2 Å². The Kier molecular flexibility index (Phi) is 3.81. The van der Waals surface area contributed by atoms with Crippen LogP contribution >= 0.6 is 11.3 Å². The Balaban J connectivity index is 1.82. The van der Waals surface area contributed by atoms with Crippen LogP contribution in [0, 0.1) is 6.92 Å². The van der Waals surface area contributed by atoms with Gasteiger partial charge in [-0.1, -0.05) is 17.7 Å². The number of aromatic nitrogens is 2. The van der Waals surface area contributed by atoms with Crippen LogP contribution in [0.4, 0.5) is 0 Å². The molecule has 2 aromatic heterocycles. The standard InChI is InChI=1S/C14H13N3O3S2/c1-9-2-4-11(5-3-9)22(19,20)17-7-10-6-12-13(18)15-8-16-14(12)21-10/h2-6,8,17H,7H2,1H3,(H,15,16,18). The van der Waals surface area contributed by atoms with Gasteiger partial charge in [0.25, 0.3) is 5.56 Å². The number of sulfonamides is 1. The molecule has 6 nitrogen and oxygen atoms in total. The largest absolute Gasteiger partial charge is 0.313 e. The Morgan fingerprint density at radius 1 is 1.27 bits per heavy atom. The highest BCUT2D eigenvalue weighted by Crippen LogP contribution is 2.21. The fourth-order valence-electron chi connectivity index (χ4n) is 1.97. The minimum Gasteiger partial charge on any atom is -0.313 e. The van der Waals surface area contributed by atoms with Gasteiger partial charge in [0, 0.05) is 11.4 Å². The molecule has 1 aromatic carbocycles. The summed E-state index contributed by atoms with van der Waals surface area (Å²) in [6.45, 7) is 2.02. The lowest BCUT2D eigenvalue weighted by atomic mass is 10.2. The first-order chi connectivity index (χ1) is 10.5. The van der Waals surface area contributed by atoms with E-state index in [-0.39, 0.29) is 17.0 Å². The molecule has 0 aliphatic rings. The summed E-state index contributed by atoms with van der Waals surface area (Å²) in [5.41, 5.74) is 0.766. The quantitative estimate of drug-likeness (QED) is 0.760. The zero-order chi connectivity index (χ0) is 15.7. The number of hydrogen-bond acceptors (Lipinski definition) is 5. The maximum absolute atomic E-state index is 12.2. The van der Waals surface area contributed by atoms with Gasteiger partial charge in [0.15, 0.2) is 0 Å². The molecule has 0 bridgehead atoms. The first kappa shape index (κ1) is 14.9. The molecule has 0 saturated carbocycles. The highest BCUT2D eigenvalue weighted by molar-refractivity contribution is 7.89. The number of aromatic amines is 1. The van der Waals surface area contributed by atoms with Crippen molar-refractivity contribution in [1.82, 2.24) is 14.7 Å². The van der Waals surface area contributed by atoms with Crippen LogP contribution in [0.1, 0.15) is 10.4 Å². The fourth-order valence-corrected chi connectivity index (χ4v) is 4.01. The predicted octanol–water partition coefficient (Wildman–Crippen LogP) is 1.77. The second-order valence-electron chi connectivity index (χ2n) is 4.80. The van der Waals surface area contributed by atoms with Crippen molar-refractivity contribution in [3.05, 3.63) is 57.5 Å². The summed E-state index contributed by atoms with van der Waals surface area (Å²) in [5.74, 6) is 0. The maximum atomic E-state index is 12.2. The summed E-state index contributed by atoms with van der Waals surface area (Å²) in [4.78, 5) is 19.7. The van der Waals surface area contributed by atoms with Crippen LogP contribution < -0.4 is 10.3 Å². The van der Waals surface area contributed by atoms with E-state index in [1.807, 2.05) is 6.92 Å². The van der Waals surface area contributed by atoms with Crippen LogP contribution in [0.5, 0.6) is 0 Å². The van der Waals surface area contributed by atoms with Crippen LogP contribution in [0.3, 0.4) is 0 Å². The summed E-state index contributed by atoms with van der Waals surface area (Å²) >= 11 is 1.29. The monoisotopic (exact) mass is 335 g/mol. The number of nitrogens with one attached hydrogen (secondary N) is 2. The maximum Gasteiger partial charge on any atom is 0.259 e. The van der Waals surface area contributed by atoms with Gasteiger partial charge in [0.05, 0.1) is 16.6 Å². The van der Waals surface area contributed by atoms with Gasteiger partial charge in [-0.25, -0.2) is 18.1 Å². The fraction of sp³-hybridized carbons (Fsp3) is 0.143. The molecule has 2 heterocycles. The molecule has 3 aromatic rings. The van der Waals surface area contributed by atoms with E-state index in [9.17, 15) is 13.2 Å². The highest BCUT2D eigenvalue weighted by Gasteiger charge is 2.14. The minimum atomic E-state index is -3.57. The molecule has 0 saturated heterocycles.